The van der Waals surface area contributed by atoms with Gasteiger partial charge in [-0.1, -0.05) is 20.8 Å². The summed E-state index contributed by atoms with van der Waals surface area (Å²) in [5.74, 6) is -0.855. The lowest BCUT2D eigenvalue weighted by molar-refractivity contribution is -0.138. The molecule has 4 nitrogen and oxygen atoms in total. The van der Waals surface area contributed by atoms with Crippen molar-refractivity contribution in [2.45, 2.75) is 27.2 Å². The molecule has 1 amide bonds. The van der Waals surface area contributed by atoms with Crippen LogP contribution in [0.2, 0.25) is 0 Å². The quantitative estimate of drug-likeness (QED) is 0.671. The Balaban J connectivity index is 3.76. The van der Waals surface area contributed by atoms with E-state index >= 15 is 0 Å². The number of rotatable bonds is 5. The second kappa shape index (κ2) is 5.56. The maximum absolute atomic E-state index is 11.2. The van der Waals surface area contributed by atoms with Crippen LogP contribution in [-0.4, -0.2) is 23.5 Å². The van der Waals surface area contributed by atoms with Crippen molar-refractivity contribution in [2.75, 3.05) is 6.54 Å². The zero-order valence-corrected chi connectivity index (χ0v) is 8.33. The molecule has 76 valence electrons. The summed E-state index contributed by atoms with van der Waals surface area (Å²) in [5.41, 5.74) is 0. The van der Waals surface area contributed by atoms with E-state index in [1.165, 1.54) is 0 Å². The Hall–Kier alpha value is -1.06. The number of hydrogen-bond donors (Lipinski definition) is 2. The highest BCUT2D eigenvalue weighted by atomic mass is 16.4. The van der Waals surface area contributed by atoms with E-state index in [0.717, 1.165) is 6.42 Å². The third kappa shape index (κ3) is 6.13. The van der Waals surface area contributed by atoms with Gasteiger partial charge >= 0.3 is 5.97 Å². The maximum Gasteiger partial charge on any atom is 0.322 e. The third-order valence-electron chi connectivity index (χ3n) is 1.69. The van der Waals surface area contributed by atoms with Gasteiger partial charge in [0.1, 0.15) is 6.54 Å². The molecule has 0 fully saturated rings. The molecule has 0 saturated heterocycles. The first-order valence-corrected chi connectivity index (χ1v) is 4.43. The molecule has 2 N–H and O–H groups in total. The minimum Gasteiger partial charge on any atom is -0.480 e. The van der Waals surface area contributed by atoms with E-state index in [1.807, 2.05) is 13.8 Å². The molecule has 0 heterocycles. The Morgan fingerprint density at radius 1 is 1.31 bits per heavy atom. The van der Waals surface area contributed by atoms with Gasteiger partial charge in [0.25, 0.3) is 0 Å². The predicted octanol–water partition coefficient (Wildman–Crippen LogP) is 0.869. The summed E-state index contributed by atoms with van der Waals surface area (Å²) in [6.07, 6.45) is 0.783. The lowest BCUT2D eigenvalue weighted by Crippen LogP contribution is -2.33. The molecule has 0 spiro atoms. The Bertz CT molecular complexity index is 189. The molecule has 0 aromatic carbocycles. The Labute approximate surface area is 78.3 Å². The van der Waals surface area contributed by atoms with Crippen LogP contribution in [0.3, 0.4) is 0 Å². The van der Waals surface area contributed by atoms with E-state index in [2.05, 4.69) is 5.32 Å². The fourth-order valence-corrected chi connectivity index (χ4v) is 1.15. The predicted molar refractivity (Wildman–Crippen MR) is 49.3 cm³/mol. The van der Waals surface area contributed by atoms with Crippen molar-refractivity contribution in [2.24, 2.45) is 11.8 Å². The molecule has 0 unspecified atom stereocenters. The lowest BCUT2D eigenvalue weighted by Gasteiger charge is -2.12. The largest absolute Gasteiger partial charge is 0.480 e. The molecule has 0 aliphatic rings. The van der Waals surface area contributed by atoms with Crippen molar-refractivity contribution < 1.29 is 14.7 Å². The molecule has 0 aromatic rings. The van der Waals surface area contributed by atoms with Gasteiger partial charge in [-0.3, -0.25) is 9.59 Å². The number of hydrogen-bond acceptors (Lipinski definition) is 2. The van der Waals surface area contributed by atoms with Crippen molar-refractivity contribution in [1.82, 2.24) is 5.32 Å². The standard InChI is InChI=1S/C9H17NO3/c1-6(2)4-7(3)9(13)10-5-8(11)12/h6-7H,4-5H2,1-3H3,(H,10,13)(H,11,12)/t7-/m0/s1. The highest BCUT2D eigenvalue weighted by Gasteiger charge is 2.14. The molecule has 0 saturated carbocycles. The van der Waals surface area contributed by atoms with Crippen molar-refractivity contribution >= 4 is 11.9 Å². The first kappa shape index (κ1) is 11.9. The molecule has 0 rings (SSSR count). The van der Waals surface area contributed by atoms with E-state index in [4.69, 9.17) is 5.11 Å². The summed E-state index contributed by atoms with van der Waals surface area (Å²) < 4.78 is 0. The van der Waals surface area contributed by atoms with Crippen LogP contribution in [0.4, 0.5) is 0 Å². The maximum atomic E-state index is 11.2. The molecule has 1 atom stereocenters. The molecule has 0 aromatic heterocycles. The van der Waals surface area contributed by atoms with E-state index in [1.54, 1.807) is 6.92 Å². The number of carbonyl (C=O) groups excluding carboxylic acids is 1. The normalized spacial score (nSPS) is 12.6. The van der Waals surface area contributed by atoms with Gasteiger partial charge in [-0.15, -0.1) is 0 Å². The summed E-state index contributed by atoms with van der Waals surface area (Å²) in [6.45, 7) is 5.57. The zero-order chi connectivity index (χ0) is 10.4. The summed E-state index contributed by atoms with van der Waals surface area (Å²) in [6, 6.07) is 0. The summed E-state index contributed by atoms with van der Waals surface area (Å²) in [7, 11) is 0. The number of carboxylic acids is 1. The highest BCUT2D eigenvalue weighted by molar-refractivity contribution is 5.82. The van der Waals surface area contributed by atoms with Crippen LogP contribution >= 0.6 is 0 Å². The Morgan fingerprint density at radius 3 is 2.23 bits per heavy atom. The van der Waals surface area contributed by atoms with Crippen LogP contribution in [0.15, 0.2) is 0 Å². The van der Waals surface area contributed by atoms with Gasteiger partial charge in [0.15, 0.2) is 0 Å². The van der Waals surface area contributed by atoms with E-state index in [-0.39, 0.29) is 18.4 Å². The van der Waals surface area contributed by atoms with Gasteiger partial charge in [-0.25, -0.2) is 0 Å². The second-order valence-electron chi connectivity index (χ2n) is 3.64. The van der Waals surface area contributed by atoms with Crippen LogP contribution < -0.4 is 5.32 Å². The van der Waals surface area contributed by atoms with Gasteiger partial charge in [0, 0.05) is 5.92 Å². The van der Waals surface area contributed by atoms with Crippen molar-refractivity contribution in [3.63, 3.8) is 0 Å². The highest BCUT2D eigenvalue weighted by Crippen LogP contribution is 2.10. The third-order valence-corrected chi connectivity index (χ3v) is 1.69. The summed E-state index contributed by atoms with van der Waals surface area (Å²) >= 11 is 0. The fourth-order valence-electron chi connectivity index (χ4n) is 1.15. The van der Waals surface area contributed by atoms with Gasteiger partial charge < -0.3 is 10.4 Å². The van der Waals surface area contributed by atoms with Gasteiger partial charge in [0.05, 0.1) is 0 Å². The van der Waals surface area contributed by atoms with E-state index < -0.39 is 5.97 Å². The monoisotopic (exact) mass is 187 g/mol. The molecule has 0 bridgehead atoms. The van der Waals surface area contributed by atoms with Crippen LogP contribution in [0, 0.1) is 11.8 Å². The van der Waals surface area contributed by atoms with Crippen molar-refractivity contribution in [1.29, 1.82) is 0 Å². The van der Waals surface area contributed by atoms with Gasteiger partial charge in [-0.05, 0) is 12.3 Å². The summed E-state index contributed by atoms with van der Waals surface area (Å²) in [5, 5.41) is 10.7. The lowest BCUT2D eigenvalue weighted by atomic mass is 9.98. The first-order valence-electron chi connectivity index (χ1n) is 4.43. The molecule has 13 heavy (non-hydrogen) atoms. The minimum absolute atomic E-state index is 0.112. The van der Waals surface area contributed by atoms with E-state index in [0.29, 0.717) is 5.92 Å². The Kier molecular flexibility index (Phi) is 5.11. The SMILES string of the molecule is CC(C)C[C@H](C)C(=O)NCC(=O)O. The van der Waals surface area contributed by atoms with Crippen LogP contribution in [-0.2, 0) is 9.59 Å². The molecular weight excluding hydrogens is 170 g/mol. The van der Waals surface area contributed by atoms with Gasteiger partial charge in [0.2, 0.25) is 5.91 Å². The average Bonchev–Trinajstić information content (AvgIpc) is 1.98. The van der Waals surface area contributed by atoms with Crippen LogP contribution in [0.1, 0.15) is 27.2 Å². The molecule has 4 heteroatoms. The summed E-state index contributed by atoms with van der Waals surface area (Å²) in [4.78, 5) is 21.3. The first-order chi connectivity index (χ1) is 5.93. The van der Waals surface area contributed by atoms with Crippen molar-refractivity contribution in [3.8, 4) is 0 Å². The molecule has 0 aliphatic carbocycles. The van der Waals surface area contributed by atoms with Gasteiger partial charge in [-0.2, -0.15) is 0 Å². The van der Waals surface area contributed by atoms with Crippen molar-refractivity contribution in [3.05, 3.63) is 0 Å². The minimum atomic E-state index is -1.01. The number of carboxylic acid groups (broad SMARTS) is 1. The number of aliphatic carboxylic acids is 1. The smallest absolute Gasteiger partial charge is 0.322 e. The fraction of sp³-hybridized carbons (Fsp3) is 0.778. The Morgan fingerprint density at radius 2 is 1.85 bits per heavy atom. The van der Waals surface area contributed by atoms with Crippen LogP contribution in [0.25, 0.3) is 0 Å². The second-order valence-corrected chi connectivity index (χ2v) is 3.64. The molecule has 0 aliphatic heterocycles. The molecular formula is C9H17NO3. The number of amides is 1. The molecule has 0 radical (unpaired) electrons. The number of carbonyl (C=O) groups is 2. The van der Waals surface area contributed by atoms with E-state index in [9.17, 15) is 9.59 Å². The average molecular weight is 187 g/mol. The topological polar surface area (TPSA) is 66.4 Å². The number of nitrogens with one attached hydrogen (secondary N) is 1. The van der Waals surface area contributed by atoms with Crippen LogP contribution in [0.5, 0.6) is 0 Å². The zero-order valence-electron chi connectivity index (χ0n) is 8.33.